The van der Waals surface area contributed by atoms with Crippen molar-refractivity contribution in [1.29, 1.82) is 0 Å². The van der Waals surface area contributed by atoms with Gasteiger partial charge in [-0.05, 0) is 31.7 Å². The lowest BCUT2D eigenvalue weighted by atomic mass is 10.1. The number of benzene rings is 1. The summed E-state index contributed by atoms with van der Waals surface area (Å²) < 4.78 is 6.57. The van der Waals surface area contributed by atoms with Crippen LogP contribution in [0.5, 0.6) is 0 Å². The van der Waals surface area contributed by atoms with Gasteiger partial charge in [0.2, 0.25) is 0 Å². The first-order valence-electron chi connectivity index (χ1n) is 7.13. The number of morpholine rings is 1. The molecule has 2 N–H and O–H groups in total. The molecule has 6 heteroatoms. The van der Waals surface area contributed by atoms with Crippen LogP contribution in [-0.4, -0.2) is 50.8 Å². The highest BCUT2D eigenvalue weighted by molar-refractivity contribution is 9.10. The molecule has 0 aliphatic carbocycles. The van der Waals surface area contributed by atoms with Gasteiger partial charge in [0, 0.05) is 42.4 Å². The second kappa shape index (κ2) is 8.96. The molecule has 120 valence electrons. The standard InChI is InChI=1S/C15H24BrN3O.ClH/c1-12(10-17)18(2)11-13-3-4-14(16)9-15(13)19-5-7-20-8-6-19;/h3-4,9,12H,5-8,10-11,17H2,1-2H3;1H. The van der Waals surface area contributed by atoms with Crippen LogP contribution in [0.4, 0.5) is 5.69 Å². The number of nitrogens with two attached hydrogens (primary N) is 1. The molecule has 0 bridgehead atoms. The molecule has 1 unspecified atom stereocenters. The van der Waals surface area contributed by atoms with E-state index < -0.39 is 0 Å². The molecule has 0 amide bonds. The van der Waals surface area contributed by atoms with Gasteiger partial charge in [0.15, 0.2) is 0 Å². The third-order valence-corrected chi connectivity index (χ3v) is 4.41. The number of hydrogen-bond acceptors (Lipinski definition) is 4. The van der Waals surface area contributed by atoms with Crippen molar-refractivity contribution in [2.24, 2.45) is 5.73 Å². The van der Waals surface area contributed by atoms with Gasteiger partial charge in [-0.3, -0.25) is 4.90 Å². The zero-order valence-electron chi connectivity index (χ0n) is 12.7. The van der Waals surface area contributed by atoms with E-state index in [1.165, 1.54) is 11.3 Å². The lowest BCUT2D eigenvalue weighted by Crippen LogP contribution is -2.38. The first-order chi connectivity index (χ1) is 9.61. The maximum atomic E-state index is 5.76. The number of rotatable bonds is 5. The number of ether oxygens (including phenoxy) is 1. The minimum Gasteiger partial charge on any atom is -0.378 e. The van der Waals surface area contributed by atoms with E-state index in [2.05, 4.69) is 57.9 Å². The van der Waals surface area contributed by atoms with Crippen molar-refractivity contribution in [1.82, 2.24) is 4.90 Å². The van der Waals surface area contributed by atoms with E-state index in [1.807, 2.05) is 0 Å². The summed E-state index contributed by atoms with van der Waals surface area (Å²) in [5.41, 5.74) is 8.41. The molecule has 2 rings (SSSR count). The summed E-state index contributed by atoms with van der Waals surface area (Å²) in [5.74, 6) is 0. The SMILES string of the molecule is CC(CN)N(C)Cc1ccc(Br)cc1N1CCOCC1.Cl. The highest BCUT2D eigenvalue weighted by atomic mass is 79.9. The number of hydrogen-bond donors (Lipinski definition) is 1. The van der Waals surface area contributed by atoms with Crippen LogP contribution in [0.15, 0.2) is 22.7 Å². The number of nitrogens with zero attached hydrogens (tertiary/aromatic N) is 2. The first kappa shape index (κ1) is 18.7. The van der Waals surface area contributed by atoms with Crippen molar-refractivity contribution in [2.45, 2.75) is 19.5 Å². The maximum absolute atomic E-state index is 5.76. The third kappa shape index (κ3) is 5.11. The molecule has 0 aromatic heterocycles. The minimum absolute atomic E-state index is 0. The van der Waals surface area contributed by atoms with Gasteiger partial charge in [-0.1, -0.05) is 22.0 Å². The molecule has 21 heavy (non-hydrogen) atoms. The Morgan fingerprint density at radius 1 is 1.38 bits per heavy atom. The minimum atomic E-state index is 0. The van der Waals surface area contributed by atoms with Gasteiger partial charge >= 0.3 is 0 Å². The van der Waals surface area contributed by atoms with Crippen LogP contribution < -0.4 is 10.6 Å². The van der Waals surface area contributed by atoms with Crippen molar-refractivity contribution in [2.75, 3.05) is 44.8 Å². The van der Waals surface area contributed by atoms with Crippen LogP contribution in [0.2, 0.25) is 0 Å². The second-order valence-electron chi connectivity index (χ2n) is 5.37. The van der Waals surface area contributed by atoms with Crippen LogP contribution in [0.25, 0.3) is 0 Å². The highest BCUT2D eigenvalue weighted by Crippen LogP contribution is 2.27. The largest absolute Gasteiger partial charge is 0.378 e. The molecule has 0 radical (unpaired) electrons. The van der Waals surface area contributed by atoms with Crippen LogP contribution >= 0.6 is 28.3 Å². The molecule has 1 fully saturated rings. The van der Waals surface area contributed by atoms with Crippen molar-refractivity contribution in [3.63, 3.8) is 0 Å². The fraction of sp³-hybridized carbons (Fsp3) is 0.600. The fourth-order valence-electron chi connectivity index (χ4n) is 2.37. The van der Waals surface area contributed by atoms with E-state index in [-0.39, 0.29) is 12.4 Å². The van der Waals surface area contributed by atoms with Gasteiger partial charge < -0.3 is 15.4 Å². The molecule has 1 aliphatic heterocycles. The van der Waals surface area contributed by atoms with Crippen LogP contribution in [0.1, 0.15) is 12.5 Å². The van der Waals surface area contributed by atoms with Gasteiger partial charge in [-0.25, -0.2) is 0 Å². The Morgan fingerprint density at radius 2 is 2.05 bits per heavy atom. The predicted octanol–water partition coefficient (Wildman–Crippen LogP) is 2.49. The van der Waals surface area contributed by atoms with Crippen molar-refractivity contribution >= 4 is 34.0 Å². The average Bonchev–Trinajstić information content (AvgIpc) is 2.49. The number of anilines is 1. The van der Waals surface area contributed by atoms with E-state index >= 15 is 0 Å². The normalized spacial score (nSPS) is 16.7. The molecule has 0 saturated carbocycles. The van der Waals surface area contributed by atoms with Crippen molar-refractivity contribution in [3.8, 4) is 0 Å². The van der Waals surface area contributed by atoms with Crippen molar-refractivity contribution < 1.29 is 4.74 Å². The van der Waals surface area contributed by atoms with E-state index in [4.69, 9.17) is 10.5 Å². The van der Waals surface area contributed by atoms with Gasteiger partial charge in [-0.2, -0.15) is 0 Å². The Bertz CT molecular complexity index is 441. The summed E-state index contributed by atoms with van der Waals surface area (Å²) in [6.45, 7) is 7.28. The fourth-order valence-corrected chi connectivity index (χ4v) is 2.72. The van der Waals surface area contributed by atoms with E-state index in [9.17, 15) is 0 Å². The summed E-state index contributed by atoms with van der Waals surface area (Å²) in [6.07, 6.45) is 0. The second-order valence-corrected chi connectivity index (χ2v) is 6.29. The lowest BCUT2D eigenvalue weighted by molar-refractivity contribution is 0.122. The monoisotopic (exact) mass is 377 g/mol. The molecule has 1 aliphatic rings. The molecule has 0 spiro atoms. The van der Waals surface area contributed by atoms with Gasteiger partial charge in [0.1, 0.15) is 0 Å². The van der Waals surface area contributed by atoms with Gasteiger partial charge in [0.25, 0.3) is 0 Å². The van der Waals surface area contributed by atoms with Crippen LogP contribution in [0, 0.1) is 0 Å². The zero-order chi connectivity index (χ0) is 14.5. The molecule has 1 saturated heterocycles. The molecule has 1 aromatic carbocycles. The highest BCUT2D eigenvalue weighted by Gasteiger charge is 2.17. The predicted molar refractivity (Wildman–Crippen MR) is 94.4 cm³/mol. The zero-order valence-corrected chi connectivity index (χ0v) is 15.1. The summed E-state index contributed by atoms with van der Waals surface area (Å²) in [7, 11) is 2.13. The van der Waals surface area contributed by atoms with Gasteiger partial charge in [-0.15, -0.1) is 12.4 Å². The number of likely N-dealkylation sites (N-methyl/N-ethyl adjacent to an activating group) is 1. The Morgan fingerprint density at radius 3 is 2.67 bits per heavy atom. The topological polar surface area (TPSA) is 41.7 Å². The molecule has 1 atom stereocenters. The van der Waals surface area contributed by atoms with E-state index in [0.29, 0.717) is 12.6 Å². The third-order valence-electron chi connectivity index (χ3n) is 3.91. The van der Waals surface area contributed by atoms with Crippen LogP contribution in [-0.2, 0) is 11.3 Å². The molecular formula is C15H25BrClN3O. The van der Waals surface area contributed by atoms with E-state index in [1.54, 1.807) is 0 Å². The summed E-state index contributed by atoms with van der Waals surface area (Å²) in [6, 6.07) is 6.91. The molecule has 1 aromatic rings. The quantitative estimate of drug-likeness (QED) is 0.855. The Hall–Kier alpha value is -0.330. The Kier molecular flexibility index (Phi) is 7.98. The average molecular weight is 379 g/mol. The van der Waals surface area contributed by atoms with Crippen LogP contribution in [0.3, 0.4) is 0 Å². The number of halogens is 2. The van der Waals surface area contributed by atoms with Crippen molar-refractivity contribution in [3.05, 3.63) is 28.2 Å². The summed E-state index contributed by atoms with van der Waals surface area (Å²) in [4.78, 5) is 4.71. The molecule has 4 nitrogen and oxygen atoms in total. The molecule has 1 heterocycles. The summed E-state index contributed by atoms with van der Waals surface area (Å²) >= 11 is 3.58. The van der Waals surface area contributed by atoms with Gasteiger partial charge in [0.05, 0.1) is 13.2 Å². The summed E-state index contributed by atoms with van der Waals surface area (Å²) in [5, 5.41) is 0. The Labute approximate surface area is 142 Å². The van der Waals surface area contributed by atoms with E-state index in [0.717, 1.165) is 37.3 Å². The lowest BCUT2D eigenvalue weighted by Gasteiger charge is -2.32. The Balaban J connectivity index is 0.00000220. The maximum Gasteiger partial charge on any atom is 0.0642 e. The molecular weight excluding hydrogens is 354 g/mol. The smallest absolute Gasteiger partial charge is 0.0642 e. The first-order valence-corrected chi connectivity index (χ1v) is 7.92.